The van der Waals surface area contributed by atoms with Crippen LogP contribution in [0, 0.1) is 13.8 Å². The maximum Gasteiger partial charge on any atom is 0.124 e. The average molecular weight is 254 g/mol. The molecule has 19 heavy (non-hydrogen) atoms. The molecule has 2 heteroatoms. The lowest BCUT2D eigenvalue weighted by atomic mass is 10.0. The van der Waals surface area contributed by atoms with Crippen molar-refractivity contribution in [2.45, 2.75) is 26.9 Å². The van der Waals surface area contributed by atoms with Crippen LogP contribution in [0.1, 0.15) is 22.3 Å². The number of benzene rings is 2. The van der Waals surface area contributed by atoms with Crippen molar-refractivity contribution in [1.82, 2.24) is 0 Å². The minimum absolute atomic E-state index is 0.431. The molecule has 0 saturated carbocycles. The van der Waals surface area contributed by atoms with Crippen molar-refractivity contribution in [3.05, 3.63) is 64.7 Å². The van der Waals surface area contributed by atoms with E-state index in [1.165, 1.54) is 16.7 Å². The van der Waals surface area contributed by atoms with Gasteiger partial charge >= 0.3 is 0 Å². The van der Waals surface area contributed by atoms with E-state index in [2.05, 4.69) is 32.0 Å². The molecule has 0 saturated heterocycles. The molecule has 0 amide bonds. The molecule has 0 spiro atoms. The van der Waals surface area contributed by atoms with Gasteiger partial charge in [-0.2, -0.15) is 0 Å². The summed E-state index contributed by atoms with van der Waals surface area (Å²) in [5.41, 5.74) is 4.69. The Morgan fingerprint density at radius 2 is 1.74 bits per heavy atom. The number of ether oxygens (including phenoxy) is 1. The molecule has 0 aliphatic carbocycles. The molecule has 2 rings (SSSR count). The molecule has 2 nitrogen and oxygen atoms in total. The highest BCUT2D eigenvalue weighted by Gasteiger charge is 2.03. The van der Waals surface area contributed by atoms with E-state index in [9.17, 15) is 4.79 Å². The van der Waals surface area contributed by atoms with Crippen LogP contribution < -0.4 is 4.74 Å². The lowest BCUT2D eigenvalue weighted by Crippen LogP contribution is -2.00. The van der Waals surface area contributed by atoms with Gasteiger partial charge in [-0.25, -0.2) is 0 Å². The van der Waals surface area contributed by atoms with Gasteiger partial charge in [-0.15, -0.1) is 0 Å². The predicted molar refractivity (Wildman–Crippen MR) is 76.5 cm³/mol. The van der Waals surface area contributed by atoms with Crippen molar-refractivity contribution in [1.29, 1.82) is 0 Å². The molecule has 0 fully saturated rings. The van der Waals surface area contributed by atoms with Crippen LogP contribution in [0.25, 0.3) is 0 Å². The second kappa shape index (κ2) is 6.19. The van der Waals surface area contributed by atoms with Gasteiger partial charge in [0.05, 0.1) is 0 Å². The van der Waals surface area contributed by atoms with Crippen molar-refractivity contribution in [2.75, 3.05) is 0 Å². The number of carbonyl (C=O) groups excluding carboxylic acids is 1. The summed E-state index contributed by atoms with van der Waals surface area (Å²) >= 11 is 0. The molecule has 98 valence electrons. The third-order valence-corrected chi connectivity index (χ3v) is 3.25. The van der Waals surface area contributed by atoms with Crippen molar-refractivity contribution in [3.8, 4) is 5.75 Å². The molecule has 0 aromatic heterocycles. The smallest absolute Gasteiger partial charge is 0.124 e. The van der Waals surface area contributed by atoms with Crippen LogP contribution in [0.3, 0.4) is 0 Å². The molecule has 0 unspecified atom stereocenters. The summed E-state index contributed by atoms with van der Waals surface area (Å²) in [6, 6.07) is 13.9. The first-order chi connectivity index (χ1) is 9.20. The Kier molecular flexibility index (Phi) is 4.35. The van der Waals surface area contributed by atoms with Gasteiger partial charge in [-0.3, -0.25) is 0 Å². The highest BCUT2D eigenvalue weighted by atomic mass is 16.5. The van der Waals surface area contributed by atoms with Crippen molar-refractivity contribution in [3.63, 3.8) is 0 Å². The molecule has 0 atom stereocenters. The first-order valence-electron chi connectivity index (χ1n) is 6.41. The summed E-state index contributed by atoms with van der Waals surface area (Å²) in [6.45, 7) is 4.74. The minimum atomic E-state index is 0.431. The summed E-state index contributed by atoms with van der Waals surface area (Å²) in [5, 5.41) is 0. The Labute approximate surface area is 114 Å². The molecule has 2 aromatic rings. The van der Waals surface area contributed by atoms with Crippen LogP contribution in [0.4, 0.5) is 0 Å². The van der Waals surface area contributed by atoms with Gasteiger partial charge in [-0.1, -0.05) is 30.3 Å². The summed E-state index contributed by atoms with van der Waals surface area (Å²) in [4.78, 5) is 10.5. The van der Waals surface area contributed by atoms with Gasteiger partial charge in [0.1, 0.15) is 18.6 Å². The van der Waals surface area contributed by atoms with Gasteiger partial charge < -0.3 is 9.53 Å². The maximum absolute atomic E-state index is 10.5. The zero-order valence-electron chi connectivity index (χ0n) is 11.3. The van der Waals surface area contributed by atoms with E-state index in [-0.39, 0.29) is 0 Å². The first-order valence-corrected chi connectivity index (χ1v) is 6.41. The fraction of sp³-hybridized carbons (Fsp3) is 0.235. The second-order valence-electron chi connectivity index (χ2n) is 4.68. The minimum Gasteiger partial charge on any atom is -0.489 e. The van der Waals surface area contributed by atoms with E-state index in [4.69, 9.17) is 4.74 Å². The Morgan fingerprint density at radius 1 is 1.05 bits per heavy atom. The van der Waals surface area contributed by atoms with Gasteiger partial charge in [0.25, 0.3) is 0 Å². The van der Waals surface area contributed by atoms with E-state index in [1.54, 1.807) is 0 Å². The number of aldehydes is 1. The normalized spacial score (nSPS) is 10.2. The lowest BCUT2D eigenvalue weighted by molar-refractivity contribution is -0.107. The summed E-state index contributed by atoms with van der Waals surface area (Å²) < 4.78 is 5.82. The van der Waals surface area contributed by atoms with Crippen LogP contribution in [0.2, 0.25) is 0 Å². The molecular formula is C17H18O2. The molecule has 2 aromatic carbocycles. The standard InChI is InChI=1S/C17H18O2/c1-13-5-3-6-14(2)17(13)12-19-16-8-4-7-15(11-16)9-10-18/h3-8,10-11H,9,12H2,1-2H3. The third-order valence-electron chi connectivity index (χ3n) is 3.25. The topological polar surface area (TPSA) is 26.3 Å². The highest BCUT2D eigenvalue weighted by Crippen LogP contribution is 2.18. The van der Waals surface area contributed by atoms with Crippen LogP contribution in [0.15, 0.2) is 42.5 Å². The fourth-order valence-corrected chi connectivity index (χ4v) is 2.09. The Hall–Kier alpha value is -2.09. The maximum atomic E-state index is 10.5. The number of aryl methyl sites for hydroxylation is 2. The summed E-state index contributed by atoms with van der Waals surface area (Å²) in [7, 11) is 0. The quantitative estimate of drug-likeness (QED) is 0.762. The van der Waals surface area contributed by atoms with E-state index in [1.807, 2.05) is 24.3 Å². The Balaban J connectivity index is 2.10. The van der Waals surface area contributed by atoms with Crippen LogP contribution in [-0.2, 0) is 17.8 Å². The first kappa shape index (κ1) is 13.3. The van der Waals surface area contributed by atoms with E-state index < -0.39 is 0 Å². The van der Waals surface area contributed by atoms with Crippen LogP contribution in [0.5, 0.6) is 5.75 Å². The molecule has 0 heterocycles. The number of rotatable bonds is 5. The van der Waals surface area contributed by atoms with E-state index in [0.717, 1.165) is 17.6 Å². The molecule has 0 bridgehead atoms. The zero-order chi connectivity index (χ0) is 13.7. The molecule has 0 radical (unpaired) electrons. The predicted octanol–water partition coefficient (Wildman–Crippen LogP) is 3.62. The lowest BCUT2D eigenvalue weighted by Gasteiger charge is -2.12. The fourth-order valence-electron chi connectivity index (χ4n) is 2.09. The Bertz CT molecular complexity index is 553. The largest absolute Gasteiger partial charge is 0.489 e. The second-order valence-corrected chi connectivity index (χ2v) is 4.68. The monoisotopic (exact) mass is 254 g/mol. The van der Waals surface area contributed by atoms with Gasteiger partial charge in [0.2, 0.25) is 0 Å². The van der Waals surface area contributed by atoms with Crippen molar-refractivity contribution < 1.29 is 9.53 Å². The van der Waals surface area contributed by atoms with Gasteiger partial charge in [0.15, 0.2) is 0 Å². The van der Waals surface area contributed by atoms with Crippen LogP contribution >= 0.6 is 0 Å². The third kappa shape index (κ3) is 3.44. The summed E-state index contributed by atoms with van der Waals surface area (Å²) in [5.74, 6) is 0.807. The van der Waals surface area contributed by atoms with Crippen molar-refractivity contribution in [2.24, 2.45) is 0 Å². The Morgan fingerprint density at radius 3 is 2.42 bits per heavy atom. The van der Waals surface area contributed by atoms with Crippen molar-refractivity contribution >= 4 is 6.29 Å². The summed E-state index contributed by atoms with van der Waals surface area (Å²) in [6.07, 6.45) is 1.34. The number of carbonyl (C=O) groups is 1. The van der Waals surface area contributed by atoms with E-state index >= 15 is 0 Å². The van der Waals surface area contributed by atoms with E-state index in [0.29, 0.717) is 13.0 Å². The van der Waals surface area contributed by atoms with Crippen LogP contribution in [-0.4, -0.2) is 6.29 Å². The van der Waals surface area contributed by atoms with Gasteiger partial charge in [-0.05, 0) is 48.2 Å². The number of hydrogen-bond donors (Lipinski definition) is 0. The molecular weight excluding hydrogens is 236 g/mol. The molecule has 0 N–H and O–H groups in total. The zero-order valence-corrected chi connectivity index (χ0v) is 11.3. The SMILES string of the molecule is Cc1cccc(C)c1COc1cccc(CC=O)c1. The average Bonchev–Trinajstić information content (AvgIpc) is 2.39. The highest BCUT2D eigenvalue weighted by molar-refractivity contribution is 5.55. The molecule has 0 aliphatic heterocycles. The molecule has 0 aliphatic rings. The van der Waals surface area contributed by atoms with Gasteiger partial charge in [0, 0.05) is 6.42 Å². The number of hydrogen-bond acceptors (Lipinski definition) is 2.